The van der Waals surface area contributed by atoms with Crippen molar-refractivity contribution in [1.82, 2.24) is 19.2 Å². The summed E-state index contributed by atoms with van der Waals surface area (Å²) in [6, 6.07) is 20.8. The van der Waals surface area contributed by atoms with Gasteiger partial charge in [0.25, 0.3) is 5.56 Å². The number of thioether (sulfide) groups is 1. The van der Waals surface area contributed by atoms with E-state index < -0.39 is 0 Å². The van der Waals surface area contributed by atoms with Crippen molar-refractivity contribution in [2.24, 2.45) is 0 Å². The molecule has 2 aromatic heterocycles. The van der Waals surface area contributed by atoms with Gasteiger partial charge in [-0.15, -0.1) is 10.2 Å². The van der Waals surface area contributed by atoms with Gasteiger partial charge in [0, 0.05) is 5.75 Å². The summed E-state index contributed by atoms with van der Waals surface area (Å²) in [7, 11) is 1.37. The number of nitrogens with zero attached hydrogens (tertiary/aromatic N) is 4. The van der Waals surface area contributed by atoms with Gasteiger partial charge in [-0.3, -0.25) is 9.20 Å². The standard InChI is InChI=1S/C26H22N4O3S/c1-16-11-12-21(17(2)13-16)29-23(31)20-9-4-5-10-22(20)30-25(29)27-28-26(30)34-15-18-7-6-8-19(14-18)24(32)33-3/h4-14H,15H2,1-3H3. The average molecular weight is 471 g/mol. The van der Waals surface area contributed by atoms with Crippen LogP contribution in [0.3, 0.4) is 0 Å². The number of fused-ring (bicyclic) bond motifs is 3. The van der Waals surface area contributed by atoms with Crippen LogP contribution in [0.25, 0.3) is 22.4 Å². The first-order valence-electron chi connectivity index (χ1n) is 10.7. The van der Waals surface area contributed by atoms with Gasteiger partial charge < -0.3 is 4.74 Å². The number of hydrogen-bond acceptors (Lipinski definition) is 6. The molecular formula is C26H22N4O3S. The molecule has 5 aromatic rings. The van der Waals surface area contributed by atoms with Gasteiger partial charge in [0.05, 0.1) is 29.3 Å². The predicted octanol–water partition coefficient (Wildman–Crippen LogP) is 4.73. The number of aryl methyl sites for hydroxylation is 2. The van der Waals surface area contributed by atoms with Crippen molar-refractivity contribution in [1.29, 1.82) is 0 Å². The zero-order chi connectivity index (χ0) is 23.8. The van der Waals surface area contributed by atoms with Crippen LogP contribution in [0.15, 0.2) is 76.7 Å². The predicted molar refractivity (Wildman–Crippen MR) is 133 cm³/mol. The van der Waals surface area contributed by atoms with Crippen LogP contribution in [0.4, 0.5) is 0 Å². The van der Waals surface area contributed by atoms with Crippen LogP contribution >= 0.6 is 11.8 Å². The van der Waals surface area contributed by atoms with E-state index >= 15 is 0 Å². The Kier molecular flexibility index (Phi) is 5.67. The second-order valence-corrected chi connectivity index (χ2v) is 8.99. The van der Waals surface area contributed by atoms with Crippen LogP contribution in [0.1, 0.15) is 27.0 Å². The van der Waals surface area contributed by atoms with Gasteiger partial charge in [0.2, 0.25) is 5.78 Å². The van der Waals surface area contributed by atoms with Gasteiger partial charge >= 0.3 is 5.97 Å². The highest BCUT2D eigenvalue weighted by Gasteiger charge is 2.19. The van der Waals surface area contributed by atoms with E-state index in [2.05, 4.69) is 10.2 Å². The van der Waals surface area contributed by atoms with Gasteiger partial charge in [-0.1, -0.05) is 53.7 Å². The van der Waals surface area contributed by atoms with Crippen molar-refractivity contribution in [3.8, 4) is 5.69 Å². The van der Waals surface area contributed by atoms with E-state index in [9.17, 15) is 9.59 Å². The molecule has 0 spiro atoms. The molecule has 0 aliphatic carbocycles. The minimum Gasteiger partial charge on any atom is -0.465 e. The Balaban J connectivity index is 1.65. The number of para-hydroxylation sites is 1. The largest absolute Gasteiger partial charge is 0.465 e. The maximum absolute atomic E-state index is 13.5. The average Bonchev–Trinajstić information content (AvgIpc) is 3.27. The van der Waals surface area contributed by atoms with Crippen molar-refractivity contribution >= 4 is 34.4 Å². The molecule has 3 aromatic carbocycles. The second-order valence-electron chi connectivity index (χ2n) is 8.05. The van der Waals surface area contributed by atoms with Crippen molar-refractivity contribution in [2.75, 3.05) is 7.11 Å². The Labute approximate surface area is 200 Å². The molecule has 0 bridgehead atoms. The van der Waals surface area contributed by atoms with Crippen molar-refractivity contribution in [3.63, 3.8) is 0 Å². The molecule has 0 fully saturated rings. The summed E-state index contributed by atoms with van der Waals surface area (Å²) in [5, 5.41) is 10.1. The van der Waals surface area contributed by atoms with E-state index in [4.69, 9.17) is 4.74 Å². The Bertz CT molecular complexity index is 1620. The first-order valence-corrected chi connectivity index (χ1v) is 11.7. The molecule has 0 saturated carbocycles. The third-order valence-electron chi connectivity index (χ3n) is 5.70. The number of hydrogen-bond donors (Lipinski definition) is 0. The maximum Gasteiger partial charge on any atom is 0.337 e. The maximum atomic E-state index is 13.5. The van der Waals surface area contributed by atoms with Crippen molar-refractivity contribution in [3.05, 3.63) is 99.3 Å². The first-order chi connectivity index (χ1) is 16.5. The SMILES string of the molecule is COC(=O)c1cccc(CSc2nnc3n(-c4ccc(C)cc4C)c(=O)c4ccccc4n23)c1. The molecule has 0 saturated heterocycles. The first kappa shape index (κ1) is 21.9. The summed E-state index contributed by atoms with van der Waals surface area (Å²) in [5.74, 6) is 0.660. The molecule has 34 heavy (non-hydrogen) atoms. The van der Waals surface area contributed by atoms with Crippen LogP contribution in [-0.4, -0.2) is 32.2 Å². The van der Waals surface area contributed by atoms with Gasteiger partial charge in [0.1, 0.15) is 0 Å². The molecule has 2 heterocycles. The number of aromatic nitrogens is 4. The molecule has 170 valence electrons. The fraction of sp³-hybridized carbons (Fsp3) is 0.154. The number of carbonyl (C=O) groups is 1. The topological polar surface area (TPSA) is 78.5 Å². The number of benzene rings is 3. The third-order valence-corrected chi connectivity index (χ3v) is 6.70. The van der Waals surface area contributed by atoms with Crippen molar-refractivity contribution in [2.45, 2.75) is 24.8 Å². The van der Waals surface area contributed by atoms with Crippen LogP contribution in [0, 0.1) is 13.8 Å². The molecule has 0 aliphatic rings. The molecule has 0 aliphatic heterocycles. The van der Waals surface area contributed by atoms with Gasteiger partial charge in [-0.25, -0.2) is 9.36 Å². The number of esters is 1. The quantitative estimate of drug-likeness (QED) is 0.273. The number of methoxy groups -OCH3 is 1. The van der Waals surface area contributed by atoms with Gasteiger partial charge in [0.15, 0.2) is 5.16 Å². The lowest BCUT2D eigenvalue weighted by molar-refractivity contribution is 0.0600. The lowest BCUT2D eigenvalue weighted by atomic mass is 10.1. The highest BCUT2D eigenvalue weighted by molar-refractivity contribution is 7.98. The summed E-state index contributed by atoms with van der Waals surface area (Å²) in [4.78, 5) is 25.4. The summed E-state index contributed by atoms with van der Waals surface area (Å²) in [6.45, 7) is 4.01. The Morgan fingerprint density at radius 1 is 1.00 bits per heavy atom. The third kappa shape index (κ3) is 3.76. The van der Waals surface area contributed by atoms with E-state index in [0.29, 0.717) is 27.6 Å². The van der Waals surface area contributed by atoms with E-state index in [0.717, 1.165) is 27.9 Å². The van der Waals surface area contributed by atoms with Crippen LogP contribution in [0.5, 0.6) is 0 Å². The van der Waals surface area contributed by atoms with E-state index in [-0.39, 0.29) is 11.5 Å². The highest BCUT2D eigenvalue weighted by Crippen LogP contribution is 2.27. The summed E-state index contributed by atoms with van der Waals surface area (Å²) < 4.78 is 8.38. The number of rotatable bonds is 5. The normalized spacial score (nSPS) is 11.3. The smallest absolute Gasteiger partial charge is 0.337 e. The van der Waals surface area contributed by atoms with Gasteiger partial charge in [-0.05, 0) is 55.3 Å². The van der Waals surface area contributed by atoms with Crippen LogP contribution in [0.2, 0.25) is 0 Å². The zero-order valence-electron chi connectivity index (χ0n) is 19.0. The molecule has 0 radical (unpaired) electrons. The zero-order valence-corrected chi connectivity index (χ0v) is 19.8. The Morgan fingerprint density at radius 2 is 1.82 bits per heavy atom. The Hall–Kier alpha value is -3.91. The molecule has 0 amide bonds. The minimum absolute atomic E-state index is 0.134. The summed E-state index contributed by atoms with van der Waals surface area (Å²) >= 11 is 1.49. The number of ether oxygens (including phenoxy) is 1. The fourth-order valence-corrected chi connectivity index (χ4v) is 4.98. The lowest BCUT2D eigenvalue weighted by Crippen LogP contribution is -2.22. The Morgan fingerprint density at radius 3 is 2.62 bits per heavy atom. The molecule has 7 nitrogen and oxygen atoms in total. The lowest BCUT2D eigenvalue weighted by Gasteiger charge is -2.13. The monoisotopic (exact) mass is 470 g/mol. The van der Waals surface area contributed by atoms with Crippen LogP contribution in [-0.2, 0) is 10.5 Å². The molecule has 0 atom stereocenters. The second kappa shape index (κ2) is 8.79. The van der Waals surface area contributed by atoms with Crippen LogP contribution < -0.4 is 5.56 Å². The fourth-order valence-electron chi connectivity index (χ4n) is 4.10. The molecule has 0 N–H and O–H groups in total. The van der Waals surface area contributed by atoms with E-state index in [1.165, 1.54) is 18.9 Å². The molecule has 5 rings (SSSR count). The number of carbonyl (C=O) groups excluding carboxylic acids is 1. The summed E-state index contributed by atoms with van der Waals surface area (Å²) in [5.41, 5.74) is 4.96. The molecule has 8 heteroatoms. The molecule has 0 unspecified atom stereocenters. The van der Waals surface area contributed by atoms with Crippen molar-refractivity contribution < 1.29 is 9.53 Å². The minimum atomic E-state index is -0.372. The molecular weight excluding hydrogens is 448 g/mol. The van der Waals surface area contributed by atoms with Gasteiger partial charge in [-0.2, -0.15) is 0 Å². The highest BCUT2D eigenvalue weighted by atomic mass is 32.2. The van der Waals surface area contributed by atoms with E-state index in [1.807, 2.05) is 78.9 Å². The van der Waals surface area contributed by atoms with E-state index in [1.54, 1.807) is 10.6 Å². The summed E-state index contributed by atoms with van der Waals surface area (Å²) in [6.07, 6.45) is 0.